The van der Waals surface area contributed by atoms with Gasteiger partial charge < -0.3 is 26.0 Å². The predicted octanol–water partition coefficient (Wildman–Crippen LogP) is 2.67. The lowest BCUT2D eigenvalue weighted by atomic mass is 9.98. The molecule has 1 atom stereocenters. The first kappa shape index (κ1) is 26.7. The third kappa shape index (κ3) is 6.81. The number of amidine groups is 1. The summed E-state index contributed by atoms with van der Waals surface area (Å²) in [6, 6.07) is 8.56. The van der Waals surface area contributed by atoms with Crippen LogP contribution in [0.5, 0.6) is 0 Å². The van der Waals surface area contributed by atoms with Crippen molar-refractivity contribution in [2.24, 2.45) is 5.73 Å². The Morgan fingerprint density at radius 1 is 1.08 bits per heavy atom. The Bertz CT molecular complexity index is 1150. The average molecular weight is 505 g/mol. The fraction of sp³-hybridized carbons (Fsp3) is 0.333. The number of nitrogens with zero attached hydrogens (tertiary/aromatic N) is 1. The maximum Gasteiger partial charge on any atom is 0.417 e. The van der Waals surface area contributed by atoms with Crippen molar-refractivity contribution in [3.05, 3.63) is 64.7 Å². The molecular formula is C24H26F3N5O4. The van der Waals surface area contributed by atoms with Gasteiger partial charge in [-0.3, -0.25) is 19.8 Å². The van der Waals surface area contributed by atoms with Gasteiger partial charge in [-0.15, -0.1) is 0 Å². The molecule has 1 heterocycles. The highest BCUT2D eigenvalue weighted by atomic mass is 19.4. The van der Waals surface area contributed by atoms with Gasteiger partial charge in [-0.05, 0) is 48.9 Å². The van der Waals surface area contributed by atoms with E-state index in [9.17, 15) is 27.6 Å². The van der Waals surface area contributed by atoms with Crippen LogP contribution in [0.15, 0.2) is 42.5 Å². The van der Waals surface area contributed by atoms with Gasteiger partial charge in [0.1, 0.15) is 12.3 Å². The van der Waals surface area contributed by atoms with E-state index in [-0.39, 0.29) is 37.7 Å². The Labute approximate surface area is 205 Å². The smallest absolute Gasteiger partial charge is 0.384 e. The molecule has 0 bridgehead atoms. The average Bonchev–Trinajstić information content (AvgIpc) is 2.83. The summed E-state index contributed by atoms with van der Waals surface area (Å²) in [5.41, 5.74) is 4.80. The van der Waals surface area contributed by atoms with Crippen LogP contribution < -0.4 is 16.4 Å². The number of nitrogens with two attached hydrogens (primary N) is 1. The molecule has 9 nitrogen and oxygen atoms in total. The molecular weight excluding hydrogens is 479 g/mol. The molecule has 1 fully saturated rings. The molecule has 12 heteroatoms. The number of carbonyl (C=O) groups is 3. The predicted molar refractivity (Wildman–Crippen MR) is 125 cm³/mol. The largest absolute Gasteiger partial charge is 0.417 e. The molecule has 0 radical (unpaired) electrons. The van der Waals surface area contributed by atoms with Gasteiger partial charge in [-0.25, -0.2) is 0 Å². The summed E-state index contributed by atoms with van der Waals surface area (Å²) in [5, 5.41) is 12.4. The van der Waals surface area contributed by atoms with E-state index in [1.54, 1.807) is 0 Å². The van der Waals surface area contributed by atoms with Crippen LogP contribution in [0.2, 0.25) is 0 Å². The van der Waals surface area contributed by atoms with Crippen molar-refractivity contribution >= 4 is 29.2 Å². The minimum atomic E-state index is -4.78. The van der Waals surface area contributed by atoms with Crippen LogP contribution in [0, 0.1) is 5.41 Å². The SMILES string of the molecule is CC(NC(=O)CC(=O)Nc1ccc(C(=N)N)cc1)c1ccc(C(=O)N2CCOCC2)c(C(F)(F)F)c1. The summed E-state index contributed by atoms with van der Waals surface area (Å²) in [7, 11) is 0. The molecule has 0 spiro atoms. The number of halogens is 3. The molecule has 3 rings (SSSR count). The highest BCUT2D eigenvalue weighted by Crippen LogP contribution is 2.34. The molecule has 2 aromatic carbocycles. The van der Waals surface area contributed by atoms with Crippen molar-refractivity contribution in [3.63, 3.8) is 0 Å². The molecule has 1 saturated heterocycles. The number of morpholine rings is 1. The van der Waals surface area contributed by atoms with E-state index < -0.39 is 47.5 Å². The van der Waals surface area contributed by atoms with Crippen LogP contribution in [-0.2, 0) is 20.5 Å². The Hall–Kier alpha value is -3.93. The minimum Gasteiger partial charge on any atom is -0.384 e. The molecule has 36 heavy (non-hydrogen) atoms. The lowest BCUT2D eigenvalue weighted by molar-refractivity contribution is -0.138. The standard InChI is InChI=1S/C24H26F3N5O4/c1-14(30-20(33)13-21(34)31-17-5-2-15(3-6-17)22(28)29)16-4-7-18(19(12-16)24(25,26)27)23(35)32-8-10-36-11-9-32/h2-7,12,14H,8-11,13H2,1H3,(H3,28,29)(H,30,33)(H,31,34). The number of carbonyl (C=O) groups excluding carboxylic acids is 3. The fourth-order valence-electron chi connectivity index (χ4n) is 3.65. The Morgan fingerprint density at radius 3 is 2.31 bits per heavy atom. The number of hydrogen-bond acceptors (Lipinski definition) is 5. The quantitative estimate of drug-likeness (QED) is 0.261. The van der Waals surface area contributed by atoms with Crippen LogP contribution in [0.25, 0.3) is 0 Å². The third-order valence-electron chi connectivity index (χ3n) is 5.56. The van der Waals surface area contributed by atoms with Crippen molar-refractivity contribution in [2.75, 3.05) is 31.6 Å². The van der Waals surface area contributed by atoms with E-state index in [1.807, 2.05) is 0 Å². The summed E-state index contributed by atoms with van der Waals surface area (Å²) in [5.74, 6) is -2.18. The van der Waals surface area contributed by atoms with E-state index in [4.69, 9.17) is 15.9 Å². The molecule has 3 amide bonds. The number of ether oxygens (including phenoxy) is 1. The second-order valence-corrected chi connectivity index (χ2v) is 8.21. The van der Waals surface area contributed by atoms with Gasteiger partial charge in [0.25, 0.3) is 5.91 Å². The van der Waals surface area contributed by atoms with Crippen LogP contribution >= 0.6 is 0 Å². The third-order valence-corrected chi connectivity index (χ3v) is 5.56. The van der Waals surface area contributed by atoms with Crippen LogP contribution in [0.1, 0.15) is 46.4 Å². The van der Waals surface area contributed by atoms with Crippen molar-refractivity contribution in [1.82, 2.24) is 10.2 Å². The summed E-state index contributed by atoms with van der Waals surface area (Å²) in [6.45, 7) is 2.40. The monoisotopic (exact) mass is 505 g/mol. The zero-order chi connectivity index (χ0) is 26.5. The van der Waals surface area contributed by atoms with Crippen LogP contribution in [0.4, 0.5) is 18.9 Å². The lowest BCUT2D eigenvalue weighted by Gasteiger charge is -2.28. The summed E-state index contributed by atoms with van der Waals surface area (Å²) < 4.78 is 46.5. The summed E-state index contributed by atoms with van der Waals surface area (Å²) >= 11 is 0. The molecule has 2 aromatic rings. The van der Waals surface area contributed by atoms with E-state index >= 15 is 0 Å². The first-order chi connectivity index (χ1) is 17.0. The fourth-order valence-corrected chi connectivity index (χ4v) is 3.65. The van der Waals surface area contributed by atoms with Gasteiger partial charge in [0.05, 0.1) is 30.4 Å². The first-order valence-electron chi connectivity index (χ1n) is 11.1. The van der Waals surface area contributed by atoms with E-state index in [0.717, 1.165) is 12.1 Å². The van der Waals surface area contributed by atoms with Crippen molar-refractivity contribution < 1.29 is 32.3 Å². The number of hydrogen-bond donors (Lipinski definition) is 4. The molecule has 0 saturated carbocycles. The van der Waals surface area contributed by atoms with Gasteiger partial charge in [-0.2, -0.15) is 13.2 Å². The van der Waals surface area contributed by atoms with Crippen LogP contribution in [-0.4, -0.2) is 54.8 Å². The summed E-state index contributed by atoms with van der Waals surface area (Å²) in [4.78, 5) is 38.5. The molecule has 192 valence electrons. The molecule has 5 N–H and O–H groups in total. The molecule has 0 aromatic heterocycles. The second kappa shape index (κ2) is 11.2. The molecule has 0 aliphatic carbocycles. The van der Waals surface area contributed by atoms with Gasteiger partial charge in [0, 0.05) is 24.3 Å². The maximum atomic E-state index is 13.8. The Balaban J connectivity index is 1.65. The zero-order valence-corrected chi connectivity index (χ0v) is 19.4. The van der Waals surface area contributed by atoms with Crippen molar-refractivity contribution in [3.8, 4) is 0 Å². The van der Waals surface area contributed by atoms with E-state index in [0.29, 0.717) is 11.3 Å². The number of benzene rings is 2. The van der Waals surface area contributed by atoms with Gasteiger partial charge in [0.15, 0.2) is 0 Å². The van der Waals surface area contributed by atoms with Gasteiger partial charge in [-0.1, -0.05) is 6.07 Å². The normalized spacial score (nSPS) is 14.6. The Morgan fingerprint density at radius 2 is 1.72 bits per heavy atom. The molecule has 1 unspecified atom stereocenters. The number of nitrogen functional groups attached to an aromatic ring is 1. The lowest BCUT2D eigenvalue weighted by Crippen LogP contribution is -2.41. The number of anilines is 1. The number of amides is 3. The second-order valence-electron chi connectivity index (χ2n) is 8.21. The summed E-state index contributed by atoms with van der Waals surface area (Å²) in [6.07, 6.45) is -5.34. The first-order valence-corrected chi connectivity index (χ1v) is 11.1. The Kier molecular flexibility index (Phi) is 8.30. The number of alkyl halides is 3. The van der Waals surface area contributed by atoms with E-state index in [2.05, 4.69) is 10.6 Å². The van der Waals surface area contributed by atoms with E-state index in [1.165, 1.54) is 42.2 Å². The zero-order valence-electron chi connectivity index (χ0n) is 19.4. The number of rotatable bonds is 7. The highest BCUT2D eigenvalue weighted by Gasteiger charge is 2.37. The molecule has 1 aliphatic rings. The van der Waals surface area contributed by atoms with Gasteiger partial charge >= 0.3 is 6.18 Å². The highest BCUT2D eigenvalue weighted by molar-refractivity contribution is 6.04. The van der Waals surface area contributed by atoms with Crippen molar-refractivity contribution in [2.45, 2.75) is 25.6 Å². The maximum absolute atomic E-state index is 13.8. The minimum absolute atomic E-state index is 0.131. The van der Waals surface area contributed by atoms with Gasteiger partial charge in [0.2, 0.25) is 11.8 Å². The van der Waals surface area contributed by atoms with Crippen LogP contribution in [0.3, 0.4) is 0 Å². The van der Waals surface area contributed by atoms with Crippen molar-refractivity contribution in [1.29, 1.82) is 5.41 Å². The number of nitrogens with one attached hydrogen (secondary N) is 3. The molecule has 1 aliphatic heterocycles. The topological polar surface area (TPSA) is 138 Å².